The van der Waals surface area contributed by atoms with E-state index in [1.54, 1.807) is 55.5 Å². The summed E-state index contributed by atoms with van der Waals surface area (Å²) in [6.07, 6.45) is -0.283. The van der Waals surface area contributed by atoms with E-state index in [9.17, 15) is 14.7 Å². The molecule has 1 unspecified atom stereocenters. The molecule has 0 fully saturated rings. The van der Waals surface area contributed by atoms with Crippen LogP contribution in [0.4, 0.5) is 0 Å². The first-order valence-electron chi connectivity index (χ1n) is 8.89. The third-order valence-corrected chi connectivity index (χ3v) is 4.13. The average Bonchev–Trinajstić information content (AvgIpc) is 2.67. The van der Waals surface area contributed by atoms with Gasteiger partial charge in [-0.15, -0.1) is 0 Å². The summed E-state index contributed by atoms with van der Waals surface area (Å²) in [6, 6.07) is 13.9. The minimum atomic E-state index is -1.11. The van der Waals surface area contributed by atoms with Crippen LogP contribution in [0.3, 0.4) is 0 Å². The van der Waals surface area contributed by atoms with Crippen molar-refractivity contribution in [2.75, 3.05) is 20.3 Å². The van der Waals surface area contributed by atoms with Gasteiger partial charge in [-0.1, -0.05) is 12.1 Å². The summed E-state index contributed by atoms with van der Waals surface area (Å²) in [5.74, 6) is 0.346. The fourth-order valence-corrected chi connectivity index (χ4v) is 2.78. The minimum Gasteiger partial charge on any atom is -0.497 e. The monoisotopic (exact) mass is 387 g/mol. The molecule has 0 aliphatic heterocycles. The van der Waals surface area contributed by atoms with Crippen LogP contribution in [0.25, 0.3) is 0 Å². The smallest absolute Gasteiger partial charge is 0.306 e. The quantitative estimate of drug-likeness (QED) is 0.651. The van der Waals surface area contributed by atoms with E-state index in [0.29, 0.717) is 29.4 Å². The zero-order chi connectivity index (χ0) is 20.6. The number of nitrogens with one attached hydrogen (secondary N) is 1. The van der Waals surface area contributed by atoms with Crippen molar-refractivity contribution in [3.05, 3.63) is 54.1 Å². The van der Waals surface area contributed by atoms with Crippen molar-refractivity contribution in [1.29, 1.82) is 0 Å². The van der Waals surface area contributed by atoms with Crippen LogP contribution < -0.4 is 19.5 Å². The Morgan fingerprint density at radius 1 is 1.04 bits per heavy atom. The lowest BCUT2D eigenvalue weighted by atomic mass is 9.88. The summed E-state index contributed by atoms with van der Waals surface area (Å²) in [6.45, 7) is 3.87. The van der Waals surface area contributed by atoms with E-state index in [1.807, 2.05) is 6.92 Å². The summed E-state index contributed by atoms with van der Waals surface area (Å²) >= 11 is 0. The number of carbonyl (C=O) groups is 2. The number of aliphatic carboxylic acids is 1. The molecule has 1 amide bonds. The maximum absolute atomic E-state index is 12.4. The number of rotatable bonds is 10. The highest BCUT2D eigenvalue weighted by Gasteiger charge is 2.32. The Hall–Kier alpha value is -3.22. The van der Waals surface area contributed by atoms with Crippen molar-refractivity contribution < 1.29 is 28.9 Å². The Bertz CT molecular complexity index is 805. The number of hydrogen-bond donors (Lipinski definition) is 2. The van der Waals surface area contributed by atoms with Gasteiger partial charge >= 0.3 is 5.97 Å². The first-order chi connectivity index (χ1) is 13.4. The SMILES string of the molecule is CCOc1ccc(OCC(=O)NC(C)(CC(=O)O)c2cccc(OC)c2)cc1. The van der Waals surface area contributed by atoms with Gasteiger partial charge < -0.3 is 24.6 Å². The normalized spacial score (nSPS) is 12.5. The first kappa shape index (κ1) is 21.1. The van der Waals surface area contributed by atoms with Crippen molar-refractivity contribution >= 4 is 11.9 Å². The summed E-state index contributed by atoms with van der Waals surface area (Å²) in [7, 11) is 1.52. The molecule has 2 aromatic carbocycles. The van der Waals surface area contributed by atoms with E-state index in [2.05, 4.69) is 5.32 Å². The second-order valence-corrected chi connectivity index (χ2v) is 6.38. The van der Waals surface area contributed by atoms with Crippen LogP contribution in [-0.4, -0.2) is 37.3 Å². The van der Waals surface area contributed by atoms with Crippen LogP contribution in [0.5, 0.6) is 17.2 Å². The van der Waals surface area contributed by atoms with Crippen LogP contribution >= 0.6 is 0 Å². The van der Waals surface area contributed by atoms with E-state index in [-0.39, 0.29) is 13.0 Å². The Morgan fingerprint density at radius 3 is 2.25 bits per heavy atom. The summed E-state index contributed by atoms with van der Waals surface area (Å²) in [5, 5.41) is 12.1. The largest absolute Gasteiger partial charge is 0.497 e. The molecule has 0 aliphatic rings. The van der Waals surface area contributed by atoms with Crippen LogP contribution in [0.1, 0.15) is 25.8 Å². The Labute approximate surface area is 164 Å². The molecule has 7 heteroatoms. The van der Waals surface area contributed by atoms with Crippen molar-refractivity contribution in [3.8, 4) is 17.2 Å². The fourth-order valence-electron chi connectivity index (χ4n) is 2.78. The van der Waals surface area contributed by atoms with Gasteiger partial charge in [-0.3, -0.25) is 9.59 Å². The van der Waals surface area contributed by atoms with E-state index in [1.165, 1.54) is 7.11 Å². The third-order valence-electron chi connectivity index (χ3n) is 4.13. The Balaban J connectivity index is 2.06. The number of benzene rings is 2. The molecule has 0 heterocycles. The first-order valence-corrected chi connectivity index (χ1v) is 8.89. The van der Waals surface area contributed by atoms with Gasteiger partial charge in [0.2, 0.25) is 0 Å². The molecule has 0 radical (unpaired) electrons. The lowest BCUT2D eigenvalue weighted by molar-refractivity contribution is -0.139. The van der Waals surface area contributed by atoms with Gasteiger partial charge in [0.05, 0.1) is 25.7 Å². The third kappa shape index (κ3) is 5.90. The molecule has 150 valence electrons. The molecule has 2 N–H and O–H groups in total. The molecule has 0 saturated carbocycles. The number of hydrogen-bond acceptors (Lipinski definition) is 5. The molecule has 0 saturated heterocycles. The molecule has 2 aromatic rings. The van der Waals surface area contributed by atoms with Gasteiger partial charge in [-0.2, -0.15) is 0 Å². The number of carboxylic acids is 1. The van der Waals surface area contributed by atoms with Crippen LogP contribution in [0.2, 0.25) is 0 Å². The highest BCUT2D eigenvalue weighted by molar-refractivity contribution is 5.80. The highest BCUT2D eigenvalue weighted by atomic mass is 16.5. The number of carboxylic acid groups (broad SMARTS) is 1. The minimum absolute atomic E-state index is 0.243. The van der Waals surface area contributed by atoms with Gasteiger partial charge in [0.25, 0.3) is 5.91 Å². The number of methoxy groups -OCH3 is 1. The van der Waals surface area contributed by atoms with Gasteiger partial charge in [-0.05, 0) is 55.8 Å². The van der Waals surface area contributed by atoms with Crippen molar-refractivity contribution in [2.24, 2.45) is 0 Å². The van der Waals surface area contributed by atoms with Gasteiger partial charge in [0, 0.05) is 0 Å². The molecule has 0 aromatic heterocycles. The molecule has 0 bridgehead atoms. The standard InChI is InChI=1S/C21H25NO6/c1-4-27-16-8-10-17(11-9-16)28-14-19(23)22-21(2,13-20(24)25)15-6-5-7-18(12-15)26-3/h5-12H,4,13-14H2,1-3H3,(H,22,23)(H,24,25). The van der Waals surface area contributed by atoms with Crippen LogP contribution in [-0.2, 0) is 15.1 Å². The summed E-state index contributed by atoms with van der Waals surface area (Å²) in [4.78, 5) is 23.8. The van der Waals surface area contributed by atoms with E-state index < -0.39 is 17.4 Å². The summed E-state index contributed by atoms with van der Waals surface area (Å²) in [5.41, 5.74) is -0.483. The second-order valence-electron chi connectivity index (χ2n) is 6.38. The molecular formula is C21H25NO6. The number of carbonyl (C=O) groups excluding carboxylic acids is 1. The molecule has 7 nitrogen and oxygen atoms in total. The molecular weight excluding hydrogens is 362 g/mol. The molecule has 0 aliphatic carbocycles. The molecule has 2 rings (SSSR count). The molecule has 28 heavy (non-hydrogen) atoms. The molecule has 1 atom stereocenters. The van der Waals surface area contributed by atoms with Gasteiger partial charge in [-0.25, -0.2) is 0 Å². The average molecular weight is 387 g/mol. The van der Waals surface area contributed by atoms with Crippen molar-refractivity contribution in [2.45, 2.75) is 25.8 Å². The lowest BCUT2D eigenvalue weighted by Crippen LogP contribution is -2.46. The maximum Gasteiger partial charge on any atom is 0.306 e. The van der Waals surface area contributed by atoms with Crippen LogP contribution in [0, 0.1) is 0 Å². The zero-order valence-corrected chi connectivity index (χ0v) is 16.2. The lowest BCUT2D eigenvalue weighted by Gasteiger charge is -2.30. The van der Waals surface area contributed by atoms with Crippen molar-refractivity contribution in [3.63, 3.8) is 0 Å². The number of ether oxygens (including phenoxy) is 3. The fraction of sp³-hybridized carbons (Fsp3) is 0.333. The summed E-state index contributed by atoms with van der Waals surface area (Å²) < 4.78 is 16.0. The molecule has 0 spiro atoms. The predicted octanol–water partition coefficient (Wildman–Crippen LogP) is 2.98. The van der Waals surface area contributed by atoms with Crippen LogP contribution in [0.15, 0.2) is 48.5 Å². The van der Waals surface area contributed by atoms with E-state index in [0.717, 1.165) is 0 Å². The topological polar surface area (TPSA) is 94.1 Å². The second kappa shape index (κ2) is 9.64. The zero-order valence-electron chi connectivity index (χ0n) is 16.2. The van der Waals surface area contributed by atoms with E-state index >= 15 is 0 Å². The highest BCUT2D eigenvalue weighted by Crippen LogP contribution is 2.28. The van der Waals surface area contributed by atoms with E-state index in [4.69, 9.17) is 14.2 Å². The number of amides is 1. The predicted molar refractivity (Wildman–Crippen MR) is 104 cm³/mol. The Morgan fingerprint density at radius 2 is 1.68 bits per heavy atom. The van der Waals surface area contributed by atoms with Gasteiger partial charge in [0.15, 0.2) is 6.61 Å². The van der Waals surface area contributed by atoms with Crippen molar-refractivity contribution in [1.82, 2.24) is 5.32 Å². The maximum atomic E-state index is 12.4. The van der Waals surface area contributed by atoms with Gasteiger partial charge in [0.1, 0.15) is 17.2 Å². The Kier molecular flexibility index (Phi) is 7.26.